The molecule has 0 spiro atoms. The fourth-order valence-electron chi connectivity index (χ4n) is 1.73. The molecule has 2 N–H and O–H groups in total. The molecule has 7 heteroatoms. The summed E-state index contributed by atoms with van der Waals surface area (Å²) in [5, 5.41) is 14.2. The van der Waals surface area contributed by atoms with Gasteiger partial charge in [-0.1, -0.05) is 15.9 Å². The van der Waals surface area contributed by atoms with Crippen LogP contribution >= 0.6 is 15.9 Å². The molecule has 6 nitrogen and oxygen atoms in total. The second-order valence-corrected chi connectivity index (χ2v) is 5.02. The largest absolute Gasteiger partial charge is 0.347 e. The van der Waals surface area contributed by atoms with Gasteiger partial charge in [-0.25, -0.2) is 4.98 Å². The van der Waals surface area contributed by atoms with Gasteiger partial charge < -0.3 is 10.3 Å². The van der Waals surface area contributed by atoms with Crippen LogP contribution < -0.4 is 5.32 Å². The van der Waals surface area contributed by atoms with Crippen molar-refractivity contribution in [3.63, 3.8) is 0 Å². The third-order valence-corrected chi connectivity index (χ3v) is 3.27. The Morgan fingerprint density at radius 2 is 2.37 bits per heavy atom. The Morgan fingerprint density at radius 1 is 1.58 bits per heavy atom. The van der Waals surface area contributed by atoms with Gasteiger partial charge in [0.15, 0.2) is 0 Å². The normalized spacial score (nSPS) is 12.3. The minimum atomic E-state index is -0.376. The number of nitro benzene ring substituents is 1. The molecular formula is C12H13BrN4O2. The molecule has 0 aliphatic carbocycles. The lowest BCUT2D eigenvalue weighted by Gasteiger charge is -2.11. The highest BCUT2D eigenvalue weighted by atomic mass is 79.9. The molecule has 0 radical (unpaired) electrons. The SMILES string of the molecule is CC(NCc1ccc(Br)cc1[N+](=O)[O-])c1ncc[nH]1. The molecule has 100 valence electrons. The van der Waals surface area contributed by atoms with E-state index in [1.807, 2.05) is 6.92 Å². The molecule has 1 heterocycles. The van der Waals surface area contributed by atoms with Gasteiger partial charge in [0.1, 0.15) is 5.82 Å². The van der Waals surface area contributed by atoms with Crippen LogP contribution in [0.4, 0.5) is 5.69 Å². The number of halogens is 1. The topological polar surface area (TPSA) is 83.8 Å². The third-order valence-electron chi connectivity index (χ3n) is 2.77. The van der Waals surface area contributed by atoms with E-state index in [4.69, 9.17) is 0 Å². The first kappa shape index (κ1) is 13.7. The predicted molar refractivity (Wildman–Crippen MR) is 74.6 cm³/mol. The summed E-state index contributed by atoms with van der Waals surface area (Å²) in [5.74, 6) is 0.805. The van der Waals surface area contributed by atoms with Gasteiger partial charge in [0.2, 0.25) is 0 Å². The van der Waals surface area contributed by atoms with E-state index in [9.17, 15) is 10.1 Å². The quantitative estimate of drug-likeness (QED) is 0.654. The summed E-state index contributed by atoms with van der Waals surface area (Å²) in [5.41, 5.74) is 0.750. The summed E-state index contributed by atoms with van der Waals surface area (Å²) >= 11 is 3.24. The van der Waals surface area contributed by atoms with Crippen LogP contribution in [0, 0.1) is 10.1 Å². The highest BCUT2D eigenvalue weighted by Gasteiger charge is 2.15. The highest BCUT2D eigenvalue weighted by molar-refractivity contribution is 9.10. The average Bonchev–Trinajstić information content (AvgIpc) is 2.90. The van der Waals surface area contributed by atoms with Gasteiger partial charge in [-0.3, -0.25) is 10.1 Å². The van der Waals surface area contributed by atoms with Crippen molar-refractivity contribution in [2.45, 2.75) is 19.5 Å². The van der Waals surface area contributed by atoms with E-state index in [0.29, 0.717) is 16.6 Å². The Kier molecular flexibility index (Phi) is 4.28. The van der Waals surface area contributed by atoms with Crippen molar-refractivity contribution < 1.29 is 4.92 Å². The number of aromatic nitrogens is 2. The van der Waals surface area contributed by atoms with Crippen molar-refractivity contribution in [3.05, 3.63) is 56.6 Å². The molecule has 2 aromatic rings. The van der Waals surface area contributed by atoms with Gasteiger partial charge in [0.05, 0.1) is 11.0 Å². The zero-order valence-corrected chi connectivity index (χ0v) is 11.8. The summed E-state index contributed by atoms with van der Waals surface area (Å²) in [6.07, 6.45) is 3.42. The van der Waals surface area contributed by atoms with Crippen LogP contribution in [0.15, 0.2) is 35.1 Å². The minimum absolute atomic E-state index is 0.00162. The number of nitrogens with one attached hydrogen (secondary N) is 2. The van der Waals surface area contributed by atoms with Crippen molar-refractivity contribution in [1.82, 2.24) is 15.3 Å². The molecule has 1 aromatic carbocycles. The van der Waals surface area contributed by atoms with Crippen molar-refractivity contribution in [2.75, 3.05) is 0 Å². The first-order chi connectivity index (χ1) is 9.08. The number of nitrogens with zero attached hydrogens (tertiary/aromatic N) is 2. The molecule has 0 saturated carbocycles. The zero-order valence-electron chi connectivity index (χ0n) is 10.3. The number of hydrogen-bond acceptors (Lipinski definition) is 4. The number of aromatic amines is 1. The van der Waals surface area contributed by atoms with Crippen LogP contribution in [0.3, 0.4) is 0 Å². The summed E-state index contributed by atoms with van der Waals surface area (Å²) < 4.78 is 0.696. The van der Waals surface area contributed by atoms with Crippen LogP contribution in [0.1, 0.15) is 24.4 Å². The van der Waals surface area contributed by atoms with Gasteiger partial charge in [0, 0.05) is 35.0 Å². The van der Waals surface area contributed by atoms with Crippen LogP contribution in [-0.2, 0) is 6.54 Å². The van der Waals surface area contributed by atoms with Crippen molar-refractivity contribution in [3.8, 4) is 0 Å². The minimum Gasteiger partial charge on any atom is -0.347 e. The van der Waals surface area contributed by atoms with Gasteiger partial charge in [-0.15, -0.1) is 0 Å². The van der Waals surface area contributed by atoms with Crippen molar-refractivity contribution in [1.29, 1.82) is 0 Å². The molecule has 1 atom stereocenters. The second kappa shape index (κ2) is 5.94. The molecule has 0 bridgehead atoms. The maximum atomic E-state index is 11.0. The van der Waals surface area contributed by atoms with E-state index in [0.717, 1.165) is 5.82 Å². The number of imidazole rings is 1. The molecule has 0 amide bonds. The molecule has 1 aromatic heterocycles. The van der Waals surface area contributed by atoms with Gasteiger partial charge in [-0.05, 0) is 19.1 Å². The second-order valence-electron chi connectivity index (χ2n) is 4.11. The summed E-state index contributed by atoms with van der Waals surface area (Å²) in [4.78, 5) is 17.8. The maximum Gasteiger partial charge on any atom is 0.275 e. The maximum absolute atomic E-state index is 11.0. The first-order valence-electron chi connectivity index (χ1n) is 5.73. The van der Waals surface area contributed by atoms with E-state index >= 15 is 0 Å². The standard InChI is InChI=1S/C12H13BrN4O2/c1-8(12-14-4-5-15-12)16-7-9-2-3-10(13)6-11(9)17(18)19/h2-6,8,16H,7H2,1H3,(H,14,15). The van der Waals surface area contributed by atoms with Crippen LogP contribution in [-0.4, -0.2) is 14.9 Å². The van der Waals surface area contributed by atoms with Crippen molar-refractivity contribution in [2.24, 2.45) is 0 Å². The van der Waals surface area contributed by atoms with Crippen LogP contribution in [0.2, 0.25) is 0 Å². The van der Waals surface area contributed by atoms with Gasteiger partial charge >= 0.3 is 0 Å². The number of benzene rings is 1. The first-order valence-corrected chi connectivity index (χ1v) is 6.52. The van der Waals surface area contributed by atoms with Gasteiger partial charge in [0.25, 0.3) is 5.69 Å². The predicted octanol–water partition coefficient (Wildman–Crippen LogP) is 2.93. The fraction of sp³-hybridized carbons (Fsp3) is 0.250. The molecule has 1 unspecified atom stereocenters. The van der Waals surface area contributed by atoms with E-state index < -0.39 is 0 Å². The molecule has 0 saturated heterocycles. The molecule has 0 aliphatic heterocycles. The van der Waals surface area contributed by atoms with Crippen LogP contribution in [0.5, 0.6) is 0 Å². The molecular weight excluding hydrogens is 312 g/mol. The number of rotatable bonds is 5. The number of H-pyrrole nitrogens is 1. The zero-order chi connectivity index (χ0) is 13.8. The summed E-state index contributed by atoms with van der Waals surface area (Å²) in [6, 6.07) is 5.04. The van der Waals surface area contributed by atoms with Gasteiger partial charge in [-0.2, -0.15) is 0 Å². The Morgan fingerprint density at radius 3 is 3.00 bits per heavy atom. The number of nitro groups is 1. The summed E-state index contributed by atoms with van der Waals surface area (Å²) in [7, 11) is 0. The Hall–Kier alpha value is -1.73. The Balaban J connectivity index is 2.09. The molecule has 2 rings (SSSR count). The fourth-order valence-corrected chi connectivity index (χ4v) is 2.08. The lowest BCUT2D eigenvalue weighted by atomic mass is 10.1. The monoisotopic (exact) mass is 324 g/mol. The Bertz CT molecular complexity index is 571. The molecule has 0 aliphatic rings. The lowest BCUT2D eigenvalue weighted by Crippen LogP contribution is -2.19. The van der Waals surface area contributed by atoms with E-state index in [1.165, 1.54) is 6.07 Å². The third kappa shape index (κ3) is 3.39. The average molecular weight is 325 g/mol. The highest BCUT2D eigenvalue weighted by Crippen LogP contribution is 2.24. The Labute approximate surface area is 118 Å². The smallest absolute Gasteiger partial charge is 0.275 e. The lowest BCUT2D eigenvalue weighted by molar-refractivity contribution is -0.385. The van der Waals surface area contributed by atoms with E-state index in [2.05, 4.69) is 31.2 Å². The summed E-state index contributed by atoms with van der Waals surface area (Å²) in [6.45, 7) is 2.36. The van der Waals surface area contributed by atoms with E-state index in [1.54, 1.807) is 24.5 Å². The van der Waals surface area contributed by atoms with Crippen molar-refractivity contribution >= 4 is 21.6 Å². The molecule has 19 heavy (non-hydrogen) atoms. The molecule has 0 fully saturated rings. The van der Waals surface area contributed by atoms with Crippen LogP contribution in [0.25, 0.3) is 0 Å². The number of hydrogen-bond donors (Lipinski definition) is 2. The van der Waals surface area contributed by atoms with E-state index in [-0.39, 0.29) is 16.7 Å².